The first-order chi connectivity index (χ1) is 32.4. The summed E-state index contributed by atoms with van der Waals surface area (Å²) in [4.78, 5) is 7.60. The first-order valence-corrected chi connectivity index (χ1v) is 25.9. The zero-order valence-corrected chi connectivity index (χ0v) is 44.6. The van der Waals surface area contributed by atoms with Crippen LogP contribution in [-0.2, 0) is 27.1 Å². The largest absolute Gasteiger partial charge is 0.311 e. The van der Waals surface area contributed by atoms with Crippen molar-refractivity contribution in [3.63, 3.8) is 0 Å². The summed E-state index contributed by atoms with van der Waals surface area (Å²) >= 11 is 1.97. The van der Waals surface area contributed by atoms with Gasteiger partial charge < -0.3 is 14.7 Å². The summed E-state index contributed by atoms with van der Waals surface area (Å²) in [6.07, 6.45) is 0. The Kier molecular flexibility index (Phi) is 11.0. The molecule has 0 aliphatic carbocycles. The standard InChI is InChI=1S/C64H70BN3S/c1-60(2,3)41-19-28-46(29-20-41)66(47-30-21-42(22-31-47)61(4,5)6)50-36-37-52-55(40-50)67(48-32-23-43(24-33-48)62(7,8)9)53-17-16-18-54-57(53)65(52)59-58(51-39-45(64(13,14)15)27-38-56(51)69-59)68(54)49-34-25-44(26-35-49)63(10,11)12/h16-40H,1-15H3. The quantitative estimate of drug-likeness (QED) is 0.159. The molecule has 0 N–H and O–H groups in total. The average molecular weight is 924 g/mol. The van der Waals surface area contributed by atoms with Crippen LogP contribution in [0.5, 0.6) is 0 Å². The fraction of sp³-hybridized carbons (Fsp3) is 0.312. The second kappa shape index (κ2) is 16.3. The van der Waals surface area contributed by atoms with Gasteiger partial charge in [-0.05, 0) is 151 Å². The normalized spacial score (nSPS) is 13.9. The topological polar surface area (TPSA) is 9.72 Å². The van der Waals surface area contributed by atoms with Gasteiger partial charge in [0.25, 0.3) is 6.71 Å². The van der Waals surface area contributed by atoms with E-state index in [4.69, 9.17) is 0 Å². The smallest absolute Gasteiger partial charge is 0.264 e. The van der Waals surface area contributed by atoms with Gasteiger partial charge in [-0.25, -0.2) is 0 Å². The third kappa shape index (κ3) is 8.29. The average Bonchev–Trinajstić information content (AvgIpc) is 3.67. The number of anilines is 9. The van der Waals surface area contributed by atoms with E-state index < -0.39 is 0 Å². The minimum atomic E-state index is 0.00479. The Labute approximate surface area is 417 Å². The molecule has 7 aromatic carbocycles. The Morgan fingerprint density at radius 2 is 0.797 bits per heavy atom. The molecule has 3 heterocycles. The van der Waals surface area contributed by atoms with Gasteiger partial charge in [0.2, 0.25) is 0 Å². The molecule has 0 spiro atoms. The summed E-state index contributed by atoms with van der Waals surface area (Å²) in [7, 11) is 0. The number of hydrogen-bond donors (Lipinski definition) is 0. The highest BCUT2D eigenvalue weighted by molar-refractivity contribution is 7.33. The van der Waals surface area contributed by atoms with Gasteiger partial charge >= 0.3 is 0 Å². The van der Waals surface area contributed by atoms with E-state index in [9.17, 15) is 0 Å². The minimum Gasteiger partial charge on any atom is -0.311 e. The summed E-state index contributed by atoms with van der Waals surface area (Å²) in [6, 6.07) is 58.7. The molecule has 2 aliphatic heterocycles. The lowest BCUT2D eigenvalue weighted by atomic mass is 9.36. The summed E-state index contributed by atoms with van der Waals surface area (Å²) < 4.78 is 2.71. The predicted octanol–water partition coefficient (Wildman–Crippen LogP) is 16.9. The van der Waals surface area contributed by atoms with Crippen molar-refractivity contribution in [2.24, 2.45) is 0 Å². The molecule has 350 valence electrons. The van der Waals surface area contributed by atoms with Crippen molar-refractivity contribution >= 4 is 95.0 Å². The molecule has 0 fully saturated rings. The van der Waals surface area contributed by atoms with Gasteiger partial charge in [0.1, 0.15) is 0 Å². The van der Waals surface area contributed by atoms with E-state index >= 15 is 0 Å². The highest BCUT2D eigenvalue weighted by Gasteiger charge is 2.45. The third-order valence-corrected chi connectivity index (χ3v) is 15.9. The molecule has 0 saturated heterocycles. The van der Waals surface area contributed by atoms with Crippen LogP contribution in [0.1, 0.15) is 132 Å². The van der Waals surface area contributed by atoms with Crippen molar-refractivity contribution in [3.8, 4) is 0 Å². The third-order valence-electron chi connectivity index (χ3n) is 14.7. The maximum absolute atomic E-state index is 2.59. The Morgan fingerprint density at radius 3 is 1.26 bits per heavy atom. The molecule has 0 radical (unpaired) electrons. The van der Waals surface area contributed by atoms with Crippen molar-refractivity contribution in [1.29, 1.82) is 0 Å². The molecule has 0 unspecified atom stereocenters. The predicted molar refractivity (Wildman–Crippen MR) is 304 cm³/mol. The summed E-state index contributed by atoms with van der Waals surface area (Å²) in [5, 5.41) is 1.32. The Bertz CT molecular complexity index is 3160. The van der Waals surface area contributed by atoms with Crippen LogP contribution in [0.4, 0.5) is 51.2 Å². The van der Waals surface area contributed by atoms with Gasteiger partial charge in [-0.1, -0.05) is 171 Å². The number of thiophene rings is 1. The van der Waals surface area contributed by atoms with Crippen molar-refractivity contribution in [1.82, 2.24) is 0 Å². The van der Waals surface area contributed by atoms with E-state index in [0.29, 0.717) is 0 Å². The molecule has 10 rings (SSSR count). The fourth-order valence-electron chi connectivity index (χ4n) is 10.4. The van der Waals surface area contributed by atoms with E-state index in [1.54, 1.807) is 0 Å². The van der Waals surface area contributed by atoms with Crippen molar-refractivity contribution in [2.45, 2.75) is 131 Å². The van der Waals surface area contributed by atoms with Crippen molar-refractivity contribution in [3.05, 3.63) is 179 Å². The summed E-state index contributed by atoms with van der Waals surface area (Å²) in [5.41, 5.74) is 20.2. The number of rotatable bonds is 5. The van der Waals surface area contributed by atoms with Crippen LogP contribution < -0.4 is 30.4 Å². The highest BCUT2D eigenvalue weighted by Crippen LogP contribution is 2.50. The number of nitrogens with zero attached hydrogens (tertiary/aromatic N) is 3. The Balaban J connectivity index is 1.25. The molecular formula is C64H70BN3S. The van der Waals surface area contributed by atoms with E-state index in [1.807, 2.05) is 11.3 Å². The van der Waals surface area contributed by atoms with Crippen LogP contribution in [0.25, 0.3) is 10.1 Å². The van der Waals surface area contributed by atoms with Gasteiger partial charge in [0.05, 0.1) is 5.69 Å². The summed E-state index contributed by atoms with van der Waals surface area (Å²) in [5.74, 6) is 0. The Hall–Kier alpha value is -6.04. The lowest BCUT2D eigenvalue weighted by molar-refractivity contribution is 0.590. The molecule has 69 heavy (non-hydrogen) atoms. The van der Waals surface area contributed by atoms with Gasteiger partial charge in [-0.2, -0.15) is 0 Å². The van der Waals surface area contributed by atoms with Crippen molar-refractivity contribution < 1.29 is 0 Å². The summed E-state index contributed by atoms with van der Waals surface area (Å²) in [6.45, 7) is 34.6. The molecule has 0 atom stereocenters. The number of benzene rings is 7. The number of hydrogen-bond acceptors (Lipinski definition) is 4. The fourth-order valence-corrected chi connectivity index (χ4v) is 11.7. The van der Waals surface area contributed by atoms with Crippen LogP contribution in [-0.4, -0.2) is 6.71 Å². The maximum atomic E-state index is 2.59. The molecule has 0 bridgehead atoms. The molecule has 2 aliphatic rings. The molecule has 0 saturated carbocycles. The SMILES string of the molecule is CC(C)(C)c1ccc(N(c2ccc(C(C)(C)C)cc2)c2ccc3c(c2)N(c2ccc(C(C)(C)C)cc2)c2cccc4c2B3c2sc3ccc(C(C)(C)C)cc3c2N4c2ccc(C(C)(C)C)cc2)cc1. The van der Waals surface area contributed by atoms with Gasteiger partial charge in [0, 0.05) is 60.4 Å². The van der Waals surface area contributed by atoms with Gasteiger partial charge in [-0.15, -0.1) is 11.3 Å². The van der Waals surface area contributed by atoms with E-state index in [2.05, 4.69) is 270 Å². The zero-order valence-electron chi connectivity index (χ0n) is 43.8. The zero-order chi connectivity index (χ0) is 49.2. The van der Waals surface area contributed by atoms with Crippen molar-refractivity contribution in [2.75, 3.05) is 14.7 Å². The van der Waals surface area contributed by atoms with Crippen LogP contribution in [0, 0.1) is 0 Å². The molecular weight excluding hydrogens is 854 g/mol. The van der Waals surface area contributed by atoms with E-state index in [-0.39, 0.29) is 33.8 Å². The first-order valence-electron chi connectivity index (χ1n) is 25.0. The van der Waals surface area contributed by atoms with Gasteiger partial charge in [-0.3, -0.25) is 0 Å². The molecule has 5 heteroatoms. The van der Waals surface area contributed by atoms with E-state index in [1.165, 1.54) is 82.0 Å². The monoisotopic (exact) mass is 924 g/mol. The first kappa shape index (κ1) is 46.7. The number of fused-ring (bicyclic) bond motifs is 6. The second-order valence-electron chi connectivity index (χ2n) is 24.9. The lowest BCUT2D eigenvalue weighted by Gasteiger charge is -2.43. The molecule has 0 amide bonds. The maximum Gasteiger partial charge on any atom is 0.264 e. The molecule has 1 aromatic heterocycles. The second-order valence-corrected chi connectivity index (χ2v) is 25.9. The van der Waals surface area contributed by atoms with Crippen LogP contribution in [0.15, 0.2) is 152 Å². The molecule has 3 nitrogen and oxygen atoms in total. The molecule has 8 aromatic rings. The lowest BCUT2D eigenvalue weighted by Crippen LogP contribution is -2.60. The van der Waals surface area contributed by atoms with Crippen LogP contribution in [0.2, 0.25) is 0 Å². The van der Waals surface area contributed by atoms with Crippen LogP contribution in [0.3, 0.4) is 0 Å². The highest BCUT2D eigenvalue weighted by atomic mass is 32.1. The van der Waals surface area contributed by atoms with Crippen LogP contribution >= 0.6 is 11.3 Å². The van der Waals surface area contributed by atoms with Gasteiger partial charge in [0.15, 0.2) is 0 Å². The Morgan fingerprint density at radius 1 is 0.391 bits per heavy atom. The van der Waals surface area contributed by atoms with E-state index in [0.717, 1.165) is 22.7 Å². The minimum absolute atomic E-state index is 0.00479.